The first kappa shape index (κ1) is 12.6. The van der Waals surface area contributed by atoms with Gasteiger partial charge >= 0.3 is 6.18 Å². The second kappa shape index (κ2) is 5.03. The number of halogens is 3. The number of aliphatic hydroxyl groups is 1. The van der Waals surface area contributed by atoms with Crippen LogP contribution in [0, 0.1) is 0 Å². The van der Waals surface area contributed by atoms with Gasteiger partial charge in [-0.2, -0.15) is 13.2 Å². The minimum atomic E-state index is -4.49. The molecule has 0 aliphatic rings. The molecule has 5 heteroatoms. The molecular formula is C11H11F3O2. The Bertz CT molecular complexity index is 383. The van der Waals surface area contributed by atoms with E-state index in [2.05, 4.69) is 0 Å². The molecule has 1 aromatic carbocycles. The van der Waals surface area contributed by atoms with Crippen LogP contribution in [0.25, 0.3) is 5.57 Å². The van der Waals surface area contributed by atoms with Crippen LogP contribution in [-0.4, -0.2) is 25.0 Å². The van der Waals surface area contributed by atoms with Gasteiger partial charge in [-0.15, -0.1) is 0 Å². The predicted molar refractivity (Wildman–Crippen MR) is 54.1 cm³/mol. The van der Waals surface area contributed by atoms with Crippen LogP contribution in [0.1, 0.15) is 5.56 Å². The number of hydrogen-bond acceptors (Lipinski definition) is 2. The Morgan fingerprint density at radius 2 is 2.12 bits per heavy atom. The molecule has 2 nitrogen and oxygen atoms in total. The smallest absolute Gasteiger partial charge is 0.416 e. The van der Waals surface area contributed by atoms with E-state index in [-0.39, 0.29) is 5.56 Å². The Kier molecular flexibility index (Phi) is 3.95. The highest BCUT2D eigenvalue weighted by Gasteiger charge is 2.34. The van der Waals surface area contributed by atoms with Crippen LogP contribution in [-0.2, 0) is 0 Å². The molecule has 1 aromatic rings. The highest BCUT2D eigenvalue weighted by Crippen LogP contribution is 2.34. The fourth-order valence-corrected chi connectivity index (χ4v) is 1.28. The van der Waals surface area contributed by atoms with Crippen molar-refractivity contribution in [3.05, 3.63) is 35.9 Å². The average molecular weight is 232 g/mol. The van der Waals surface area contributed by atoms with Gasteiger partial charge in [0, 0.05) is 0 Å². The summed E-state index contributed by atoms with van der Waals surface area (Å²) in [7, 11) is 1.38. The molecule has 0 aromatic heterocycles. The second-order valence-electron chi connectivity index (χ2n) is 3.03. The largest absolute Gasteiger partial charge is 0.497 e. The molecule has 1 N–H and O–H groups in total. The number of benzene rings is 1. The Hall–Kier alpha value is -1.49. The average Bonchev–Trinajstić information content (AvgIpc) is 2.24. The van der Waals surface area contributed by atoms with Crippen LogP contribution >= 0.6 is 0 Å². The molecule has 0 spiro atoms. The molecule has 0 radical (unpaired) electrons. The van der Waals surface area contributed by atoms with Crippen LogP contribution < -0.4 is 4.74 Å². The number of hydrogen-bond donors (Lipinski definition) is 1. The zero-order valence-corrected chi connectivity index (χ0v) is 8.58. The van der Waals surface area contributed by atoms with Gasteiger partial charge in [-0.3, -0.25) is 0 Å². The van der Waals surface area contributed by atoms with Crippen molar-refractivity contribution in [1.82, 2.24) is 0 Å². The zero-order valence-electron chi connectivity index (χ0n) is 8.58. The molecule has 0 saturated heterocycles. The highest BCUT2D eigenvalue weighted by molar-refractivity contribution is 5.70. The standard InChI is InChI=1S/C11H11F3O2/c1-16-9-4-2-3-8(7-9)10(5-6-15)11(12,13)14/h2-5,7,15H,6H2,1H3/b10-5+. The van der Waals surface area contributed by atoms with Crippen LogP contribution in [0.15, 0.2) is 30.3 Å². The van der Waals surface area contributed by atoms with Gasteiger partial charge in [-0.05, 0) is 23.8 Å². The third-order valence-electron chi connectivity index (χ3n) is 1.98. The van der Waals surface area contributed by atoms with Crippen molar-refractivity contribution in [3.8, 4) is 5.75 Å². The van der Waals surface area contributed by atoms with Crippen molar-refractivity contribution >= 4 is 5.57 Å². The molecule has 16 heavy (non-hydrogen) atoms. The molecule has 0 aliphatic heterocycles. The number of allylic oxidation sites excluding steroid dienone is 1. The lowest BCUT2D eigenvalue weighted by Crippen LogP contribution is -2.11. The minimum Gasteiger partial charge on any atom is -0.497 e. The number of ether oxygens (including phenoxy) is 1. The van der Waals surface area contributed by atoms with E-state index >= 15 is 0 Å². The van der Waals surface area contributed by atoms with Gasteiger partial charge in [-0.1, -0.05) is 12.1 Å². The van der Waals surface area contributed by atoms with Gasteiger partial charge in [-0.25, -0.2) is 0 Å². The maximum Gasteiger partial charge on any atom is 0.416 e. The number of aliphatic hydroxyl groups excluding tert-OH is 1. The van der Waals surface area contributed by atoms with Crippen molar-refractivity contribution in [3.63, 3.8) is 0 Å². The molecule has 0 saturated carbocycles. The number of methoxy groups -OCH3 is 1. The number of alkyl halides is 3. The van der Waals surface area contributed by atoms with Crippen molar-refractivity contribution in [2.45, 2.75) is 6.18 Å². The quantitative estimate of drug-likeness (QED) is 0.868. The van der Waals surface area contributed by atoms with E-state index < -0.39 is 18.4 Å². The van der Waals surface area contributed by atoms with Gasteiger partial charge in [0.25, 0.3) is 0 Å². The fourth-order valence-electron chi connectivity index (χ4n) is 1.28. The van der Waals surface area contributed by atoms with Gasteiger partial charge in [0.2, 0.25) is 0 Å². The lowest BCUT2D eigenvalue weighted by atomic mass is 10.1. The first-order valence-electron chi connectivity index (χ1n) is 4.51. The molecule has 88 valence electrons. The van der Waals surface area contributed by atoms with E-state index in [1.54, 1.807) is 6.07 Å². The second-order valence-corrected chi connectivity index (χ2v) is 3.03. The van der Waals surface area contributed by atoms with Crippen molar-refractivity contribution in [2.75, 3.05) is 13.7 Å². The molecule has 0 aliphatic carbocycles. The molecule has 0 fully saturated rings. The molecule has 0 atom stereocenters. The fraction of sp³-hybridized carbons (Fsp3) is 0.273. The van der Waals surface area contributed by atoms with Crippen molar-refractivity contribution in [1.29, 1.82) is 0 Å². The zero-order chi connectivity index (χ0) is 12.2. The Morgan fingerprint density at radius 1 is 1.44 bits per heavy atom. The molecule has 0 bridgehead atoms. The summed E-state index contributed by atoms with van der Waals surface area (Å²) in [6.45, 7) is -0.661. The monoisotopic (exact) mass is 232 g/mol. The van der Waals surface area contributed by atoms with E-state index in [1.165, 1.54) is 25.3 Å². The maximum absolute atomic E-state index is 12.6. The van der Waals surface area contributed by atoms with Gasteiger partial charge < -0.3 is 9.84 Å². The van der Waals surface area contributed by atoms with E-state index in [4.69, 9.17) is 9.84 Å². The van der Waals surface area contributed by atoms with Crippen LogP contribution in [0.3, 0.4) is 0 Å². The molecule has 0 unspecified atom stereocenters. The predicted octanol–water partition coefficient (Wildman–Crippen LogP) is 2.63. The SMILES string of the molecule is COc1cccc(/C(=C\CO)C(F)(F)F)c1. The molecule has 0 heterocycles. The molecule has 0 amide bonds. The first-order valence-corrected chi connectivity index (χ1v) is 4.51. The van der Waals surface area contributed by atoms with Crippen LogP contribution in [0.5, 0.6) is 5.75 Å². The topological polar surface area (TPSA) is 29.5 Å². The summed E-state index contributed by atoms with van der Waals surface area (Å²) >= 11 is 0. The van der Waals surface area contributed by atoms with Crippen molar-refractivity contribution < 1.29 is 23.0 Å². The minimum absolute atomic E-state index is 0.0269. The van der Waals surface area contributed by atoms with Crippen LogP contribution in [0.2, 0.25) is 0 Å². The first-order chi connectivity index (χ1) is 7.49. The summed E-state index contributed by atoms with van der Waals surface area (Å²) < 4.78 is 42.7. The third kappa shape index (κ3) is 3.00. The summed E-state index contributed by atoms with van der Waals surface area (Å²) in [6.07, 6.45) is -3.76. The summed E-state index contributed by atoms with van der Waals surface area (Å²) in [5, 5.41) is 8.58. The van der Waals surface area contributed by atoms with Gasteiger partial charge in [0.15, 0.2) is 0 Å². The van der Waals surface area contributed by atoms with E-state index in [9.17, 15) is 13.2 Å². The van der Waals surface area contributed by atoms with Gasteiger partial charge in [0.05, 0.1) is 19.3 Å². The Morgan fingerprint density at radius 3 is 2.62 bits per heavy atom. The highest BCUT2D eigenvalue weighted by atomic mass is 19.4. The van der Waals surface area contributed by atoms with Crippen LogP contribution in [0.4, 0.5) is 13.2 Å². The maximum atomic E-state index is 12.6. The Balaban J connectivity index is 3.17. The van der Waals surface area contributed by atoms with Crippen molar-refractivity contribution in [2.24, 2.45) is 0 Å². The third-order valence-corrected chi connectivity index (χ3v) is 1.98. The van der Waals surface area contributed by atoms with E-state index in [0.717, 1.165) is 6.08 Å². The van der Waals surface area contributed by atoms with Gasteiger partial charge in [0.1, 0.15) is 5.75 Å². The lowest BCUT2D eigenvalue weighted by molar-refractivity contribution is -0.0692. The summed E-state index contributed by atoms with van der Waals surface area (Å²) in [6, 6.07) is 5.61. The van der Waals surface area contributed by atoms with E-state index in [1.807, 2.05) is 0 Å². The summed E-state index contributed by atoms with van der Waals surface area (Å²) in [4.78, 5) is 0. The summed E-state index contributed by atoms with van der Waals surface area (Å²) in [5.41, 5.74) is -0.894. The number of rotatable bonds is 3. The summed E-state index contributed by atoms with van der Waals surface area (Å²) in [5.74, 6) is 0.339. The Labute approximate surface area is 91.0 Å². The molecule has 1 rings (SSSR count). The van der Waals surface area contributed by atoms with E-state index in [0.29, 0.717) is 5.75 Å². The normalized spacial score (nSPS) is 12.7. The molecular weight excluding hydrogens is 221 g/mol. The lowest BCUT2D eigenvalue weighted by Gasteiger charge is -2.12.